The van der Waals surface area contributed by atoms with Crippen LogP contribution in [-0.4, -0.2) is 51.2 Å². The number of hydrogen-bond donors (Lipinski definition) is 1. The first-order chi connectivity index (χ1) is 15.3. The van der Waals surface area contributed by atoms with Crippen LogP contribution < -0.4 is 10.2 Å². The number of aromatic nitrogens is 3. The molecule has 1 unspecified atom stereocenters. The number of carbonyl (C=O) groups is 3. The summed E-state index contributed by atoms with van der Waals surface area (Å²) in [6, 6.07) is 5.25. The van der Waals surface area contributed by atoms with Gasteiger partial charge in [0, 0.05) is 43.4 Å². The molecule has 2 aromatic heterocycles. The predicted octanol–water partition coefficient (Wildman–Crippen LogP) is 2.48. The molecular formula is C23H28N6O3. The van der Waals surface area contributed by atoms with Crippen molar-refractivity contribution in [2.75, 3.05) is 23.8 Å². The van der Waals surface area contributed by atoms with Gasteiger partial charge in [-0.3, -0.25) is 19.3 Å². The van der Waals surface area contributed by atoms with E-state index in [0.29, 0.717) is 36.8 Å². The monoisotopic (exact) mass is 436 g/mol. The van der Waals surface area contributed by atoms with Crippen molar-refractivity contribution in [3.05, 3.63) is 41.0 Å². The SMILES string of the molecule is Cc1cccc(NC(=O)CCCC(=O)N2CCCC2c2nc(C)c3c(n2)N(C)C(=O)C3)n1. The van der Waals surface area contributed by atoms with Gasteiger partial charge in [0.2, 0.25) is 17.7 Å². The number of amides is 3. The molecule has 168 valence electrons. The van der Waals surface area contributed by atoms with Crippen LogP contribution in [0, 0.1) is 13.8 Å². The van der Waals surface area contributed by atoms with Gasteiger partial charge in [-0.1, -0.05) is 6.07 Å². The topological polar surface area (TPSA) is 108 Å². The van der Waals surface area contributed by atoms with Gasteiger partial charge in [0.25, 0.3) is 0 Å². The van der Waals surface area contributed by atoms with Gasteiger partial charge in [0.1, 0.15) is 11.6 Å². The summed E-state index contributed by atoms with van der Waals surface area (Å²) in [6.07, 6.45) is 2.99. The summed E-state index contributed by atoms with van der Waals surface area (Å²) in [6.45, 7) is 4.40. The van der Waals surface area contributed by atoms with Crippen LogP contribution in [0.4, 0.5) is 11.6 Å². The van der Waals surface area contributed by atoms with Crippen LogP contribution in [0.1, 0.15) is 60.9 Å². The van der Waals surface area contributed by atoms with E-state index < -0.39 is 0 Å². The highest BCUT2D eigenvalue weighted by Crippen LogP contribution is 2.34. The molecule has 0 radical (unpaired) electrons. The molecule has 1 fully saturated rings. The highest BCUT2D eigenvalue weighted by atomic mass is 16.2. The van der Waals surface area contributed by atoms with E-state index in [9.17, 15) is 14.4 Å². The molecule has 1 saturated heterocycles. The van der Waals surface area contributed by atoms with Crippen molar-refractivity contribution in [1.29, 1.82) is 0 Å². The maximum atomic E-state index is 12.9. The minimum Gasteiger partial charge on any atom is -0.332 e. The van der Waals surface area contributed by atoms with Crippen LogP contribution in [0.25, 0.3) is 0 Å². The Kier molecular flexibility index (Phi) is 6.16. The Morgan fingerprint density at radius 2 is 1.97 bits per heavy atom. The number of likely N-dealkylation sites (N-methyl/N-ethyl adjacent to an activating group) is 1. The molecule has 4 heterocycles. The van der Waals surface area contributed by atoms with Gasteiger partial charge in [-0.2, -0.15) is 0 Å². The van der Waals surface area contributed by atoms with E-state index in [4.69, 9.17) is 0 Å². The van der Waals surface area contributed by atoms with Crippen molar-refractivity contribution in [2.45, 2.75) is 58.4 Å². The zero-order valence-corrected chi connectivity index (χ0v) is 18.7. The molecule has 0 spiro atoms. The summed E-state index contributed by atoms with van der Waals surface area (Å²) in [4.78, 5) is 54.1. The fourth-order valence-corrected chi connectivity index (χ4v) is 4.32. The number of hydrogen-bond acceptors (Lipinski definition) is 6. The van der Waals surface area contributed by atoms with Gasteiger partial charge in [0.15, 0.2) is 5.82 Å². The molecule has 2 aliphatic rings. The maximum absolute atomic E-state index is 12.9. The lowest BCUT2D eigenvalue weighted by molar-refractivity contribution is -0.132. The summed E-state index contributed by atoms with van der Waals surface area (Å²) in [5.74, 6) is 1.62. The number of pyridine rings is 1. The van der Waals surface area contributed by atoms with Crippen molar-refractivity contribution in [1.82, 2.24) is 19.9 Å². The van der Waals surface area contributed by atoms with E-state index in [1.165, 1.54) is 0 Å². The summed E-state index contributed by atoms with van der Waals surface area (Å²) in [5.41, 5.74) is 2.49. The number of nitrogens with one attached hydrogen (secondary N) is 1. The molecular weight excluding hydrogens is 408 g/mol. The second-order valence-electron chi connectivity index (χ2n) is 8.41. The molecule has 3 amide bonds. The van der Waals surface area contributed by atoms with Crippen LogP contribution in [0.15, 0.2) is 18.2 Å². The largest absolute Gasteiger partial charge is 0.332 e. The lowest BCUT2D eigenvalue weighted by Crippen LogP contribution is -2.32. The van der Waals surface area contributed by atoms with Gasteiger partial charge in [0.05, 0.1) is 12.5 Å². The number of likely N-dealkylation sites (tertiary alicyclic amines) is 1. The average Bonchev–Trinajstić information content (AvgIpc) is 3.34. The second-order valence-corrected chi connectivity index (χ2v) is 8.41. The smallest absolute Gasteiger partial charge is 0.232 e. The number of carbonyl (C=O) groups excluding carboxylic acids is 3. The van der Waals surface area contributed by atoms with E-state index in [1.54, 1.807) is 18.0 Å². The average molecular weight is 437 g/mol. The summed E-state index contributed by atoms with van der Waals surface area (Å²) >= 11 is 0. The lowest BCUT2D eigenvalue weighted by Gasteiger charge is -2.24. The summed E-state index contributed by atoms with van der Waals surface area (Å²) in [5, 5.41) is 2.77. The fraction of sp³-hybridized carbons (Fsp3) is 0.478. The summed E-state index contributed by atoms with van der Waals surface area (Å²) < 4.78 is 0. The number of anilines is 2. The lowest BCUT2D eigenvalue weighted by atomic mass is 10.1. The van der Waals surface area contributed by atoms with E-state index in [0.717, 1.165) is 29.8 Å². The second kappa shape index (κ2) is 9.02. The van der Waals surface area contributed by atoms with Crippen molar-refractivity contribution < 1.29 is 14.4 Å². The molecule has 1 atom stereocenters. The van der Waals surface area contributed by atoms with Crippen molar-refractivity contribution in [3.63, 3.8) is 0 Å². The van der Waals surface area contributed by atoms with Gasteiger partial charge in [-0.05, 0) is 45.2 Å². The molecule has 0 aliphatic carbocycles. The molecule has 32 heavy (non-hydrogen) atoms. The normalized spacial score (nSPS) is 17.6. The van der Waals surface area contributed by atoms with Crippen molar-refractivity contribution in [3.8, 4) is 0 Å². The zero-order chi connectivity index (χ0) is 22.8. The highest BCUT2D eigenvalue weighted by molar-refractivity contribution is 6.00. The van der Waals surface area contributed by atoms with Crippen LogP contribution in [-0.2, 0) is 20.8 Å². The van der Waals surface area contributed by atoms with E-state index in [2.05, 4.69) is 20.3 Å². The Labute approximate surface area is 187 Å². The molecule has 2 aromatic rings. The third-order valence-electron chi connectivity index (χ3n) is 6.05. The maximum Gasteiger partial charge on any atom is 0.232 e. The Hall–Kier alpha value is -3.36. The standard InChI is InChI=1S/C23H28N6O3/c1-14-7-4-9-18(24-14)26-19(30)10-5-11-20(31)29-12-6-8-17(29)22-25-15(2)16-13-21(32)28(3)23(16)27-22/h4,7,9,17H,5-6,8,10-13H2,1-3H3,(H,24,26,30). The van der Waals surface area contributed by atoms with Gasteiger partial charge < -0.3 is 10.2 Å². The predicted molar refractivity (Wildman–Crippen MR) is 119 cm³/mol. The number of fused-ring (bicyclic) bond motifs is 1. The quantitative estimate of drug-likeness (QED) is 0.745. The van der Waals surface area contributed by atoms with Crippen molar-refractivity contribution >= 4 is 29.4 Å². The van der Waals surface area contributed by atoms with Gasteiger partial charge >= 0.3 is 0 Å². The highest BCUT2D eigenvalue weighted by Gasteiger charge is 2.35. The Morgan fingerprint density at radius 1 is 1.16 bits per heavy atom. The molecule has 4 rings (SSSR count). The minimum atomic E-state index is -0.194. The van der Waals surface area contributed by atoms with Gasteiger partial charge in [-0.25, -0.2) is 15.0 Å². The Morgan fingerprint density at radius 3 is 2.75 bits per heavy atom. The molecule has 0 saturated carbocycles. The Bertz CT molecular complexity index is 1070. The molecule has 1 N–H and O–H groups in total. The van der Waals surface area contributed by atoms with Crippen LogP contribution in [0.5, 0.6) is 0 Å². The molecule has 9 nitrogen and oxygen atoms in total. The zero-order valence-electron chi connectivity index (χ0n) is 18.7. The first-order valence-corrected chi connectivity index (χ1v) is 11.0. The molecule has 2 aliphatic heterocycles. The third kappa shape index (κ3) is 4.46. The van der Waals surface area contributed by atoms with Crippen LogP contribution >= 0.6 is 0 Å². The van der Waals surface area contributed by atoms with E-state index >= 15 is 0 Å². The number of rotatable bonds is 6. The fourth-order valence-electron chi connectivity index (χ4n) is 4.32. The minimum absolute atomic E-state index is 0.000151. The first-order valence-electron chi connectivity index (χ1n) is 11.0. The van der Waals surface area contributed by atoms with E-state index in [-0.39, 0.29) is 36.6 Å². The van der Waals surface area contributed by atoms with Gasteiger partial charge in [-0.15, -0.1) is 0 Å². The summed E-state index contributed by atoms with van der Waals surface area (Å²) in [7, 11) is 1.72. The third-order valence-corrected chi connectivity index (χ3v) is 6.05. The number of aryl methyl sites for hydroxylation is 2. The van der Waals surface area contributed by atoms with Crippen molar-refractivity contribution in [2.24, 2.45) is 0 Å². The van der Waals surface area contributed by atoms with Crippen LogP contribution in [0.2, 0.25) is 0 Å². The Balaban J connectivity index is 1.36. The van der Waals surface area contributed by atoms with E-state index in [1.807, 2.05) is 30.9 Å². The first kappa shape index (κ1) is 21.9. The van der Waals surface area contributed by atoms with Crippen LogP contribution in [0.3, 0.4) is 0 Å². The molecule has 0 aromatic carbocycles. The molecule has 0 bridgehead atoms. The molecule has 9 heteroatoms. The number of nitrogens with zero attached hydrogens (tertiary/aromatic N) is 5.